The SMILES string of the molecule is Cc1csc2nc(COc3ccc(S(C)(=O)=O)cc3)cc(=O)n12. The molecule has 120 valence electrons. The quantitative estimate of drug-likeness (QED) is 0.720. The number of rotatable bonds is 4. The maximum atomic E-state index is 12.1. The van der Waals surface area contributed by atoms with Crippen molar-refractivity contribution >= 4 is 26.1 Å². The van der Waals surface area contributed by atoms with Crippen molar-refractivity contribution in [2.24, 2.45) is 0 Å². The van der Waals surface area contributed by atoms with E-state index >= 15 is 0 Å². The lowest BCUT2D eigenvalue weighted by atomic mass is 10.3. The number of benzene rings is 1. The smallest absolute Gasteiger partial charge is 0.259 e. The molecule has 23 heavy (non-hydrogen) atoms. The molecular weight excluding hydrogens is 336 g/mol. The van der Waals surface area contributed by atoms with Gasteiger partial charge >= 0.3 is 0 Å². The van der Waals surface area contributed by atoms with E-state index in [1.807, 2.05) is 12.3 Å². The molecule has 0 aliphatic carbocycles. The monoisotopic (exact) mass is 350 g/mol. The van der Waals surface area contributed by atoms with Gasteiger partial charge in [0.05, 0.1) is 10.6 Å². The van der Waals surface area contributed by atoms with E-state index in [9.17, 15) is 13.2 Å². The number of hydrogen-bond donors (Lipinski definition) is 0. The Labute approximate surface area is 136 Å². The molecule has 0 aliphatic rings. The summed E-state index contributed by atoms with van der Waals surface area (Å²) in [6, 6.07) is 7.57. The van der Waals surface area contributed by atoms with E-state index in [1.165, 1.54) is 29.5 Å². The van der Waals surface area contributed by atoms with Crippen molar-refractivity contribution in [1.82, 2.24) is 9.38 Å². The summed E-state index contributed by atoms with van der Waals surface area (Å²) < 4.78 is 29.9. The lowest BCUT2D eigenvalue weighted by molar-refractivity contribution is 0.301. The Balaban J connectivity index is 1.79. The third-order valence-corrected chi connectivity index (χ3v) is 5.34. The molecule has 0 spiro atoms. The number of fused-ring (bicyclic) bond motifs is 1. The summed E-state index contributed by atoms with van der Waals surface area (Å²) in [5.74, 6) is 0.516. The molecular formula is C15H14N2O4S2. The Hall–Kier alpha value is -2.19. The summed E-state index contributed by atoms with van der Waals surface area (Å²) in [6.45, 7) is 1.99. The van der Waals surface area contributed by atoms with E-state index in [1.54, 1.807) is 16.5 Å². The molecule has 2 aromatic heterocycles. The Morgan fingerprint density at radius 1 is 1.26 bits per heavy atom. The van der Waals surface area contributed by atoms with Gasteiger partial charge in [0, 0.05) is 23.4 Å². The molecule has 0 atom stereocenters. The van der Waals surface area contributed by atoms with Gasteiger partial charge in [-0.05, 0) is 31.2 Å². The first-order valence-electron chi connectivity index (χ1n) is 6.74. The summed E-state index contributed by atoms with van der Waals surface area (Å²) in [5, 5.41) is 1.87. The van der Waals surface area contributed by atoms with Crippen molar-refractivity contribution in [1.29, 1.82) is 0 Å². The van der Waals surface area contributed by atoms with E-state index in [4.69, 9.17) is 4.74 Å². The van der Waals surface area contributed by atoms with Gasteiger partial charge in [0.1, 0.15) is 12.4 Å². The first-order valence-corrected chi connectivity index (χ1v) is 9.51. The van der Waals surface area contributed by atoms with Crippen LogP contribution in [0.25, 0.3) is 4.96 Å². The number of ether oxygens (including phenoxy) is 1. The highest BCUT2D eigenvalue weighted by molar-refractivity contribution is 7.90. The van der Waals surface area contributed by atoms with E-state index < -0.39 is 9.84 Å². The molecule has 3 aromatic rings. The zero-order chi connectivity index (χ0) is 16.6. The molecule has 1 aromatic carbocycles. The van der Waals surface area contributed by atoms with Crippen LogP contribution in [0.1, 0.15) is 11.4 Å². The molecule has 3 rings (SSSR count). The van der Waals surface area contributed by atoms with Crippen LogP contribution in [-0.2, 0) is 16.4 Å². The Morgan fingerprint density at radius 2 is 1.96 bits per heavy atom. The summed E-state index contributed by atoms with van der Waals surface area (Å²) >= 11 is 1.40. The molecule has 6 nitrogen and oxygen atoms in total. The molecule has 0 radical (unpaired) electrons. The lowest BCUT2D eigenvalue weighted by Crippen LogP contribution is -2.15. The van der Waals surface area contributed by atoms with Gasteiger partial charge in [-0.3, -0.25) is 9.20 Å². The van der Waals surface area contributed by atoms with Gasteiger partial charge in [0.15, 0.2) is 14.8 Å². The van der Waals surface area contributed by atoms with Gasteiger partial charge in [-0.25, -0.2) is 13.4 Å². The van der Waals surface area contributed by atoms with Gasteiger partial charge < -0.3 is 4.74 Å². The minimum atomic E-state index is -3.22. The first-order chi connectivity index (χ1) is 10.8. The van der Waals surface area contributed by atoms with E-state index in [0.717, 1.165) is 11.9 Å². The molecule has 0 amide bonds. The lowest BCUT2D eigenvalue weighted by Gasteiger charge is -2.06. The van der Waals surface area contributed by atoms with Gasteiger partial charge in [0.2, 0.25) is 0 Å². The highest BCUT2D eigenvalue weighted by Gasteiger charge is 2.08. The molecule has 0 aliphatic heterocycles. The van der Waals surface area contributed by atoms with Crippen LogP contribution in [0.3, 0.4) is 0 Å². The topological polar surface area (TPSA) is 77.7 Å². The van der Waals surface area contributed by atoms with Crippen molar-refractivity contribution in [3.05, 3.63) is 57.5 Å². The molecule has 0 saturated heterocycles. The minimum Gasteiger partial charge on any atom is -0.487 e. The van der Waals surface area contributed by atoms with E-state index in [2.05, 4.69) is 4.98 Å². The minimum absolute atomic E-state index is 0.139. The van der Waals surface area contributed by atoms with Crippen LogP contribution in [0, 0.1) is 6.92 Å². The van der Waals surface area contributed by atoms with Crippen LogP contribution >= 0.6 is 11.3 Å². The molecule has 0 saturated carbocycles. The van der Waals surface area contributed by atoms with Crippen molar-refractivity contribution in [2.75, 3.05) is 6.26 Å². The van der Waals surface area contributed by atoms with Crippen LogP contribution in [0.2, 0.25) is 0 Å². The summed E-state index contributed by atoms with van der Waals surface area (Å²) in [7, 11) is -3.22. The second-order valence-corrected chi connectivity index (χ2v) is 7.97. The van der Waals surface area contributed by atoms with Crippen molar-refractivity contribution in [3.8, 4) is 5.75 Å². The highest BCUT2D eigenvalue weighted by atomic mass is 32.2. The van der Waals surface area contributed by atoms with Crippen LogP contribution in [0.5, 0.6) is 5.75 Å². The van der Waals surface area contributed by atoms with Gasteiger partial charge in [-0.15, -0.1) is 11.3 Å². The fourth-order valence-corrected chi connectivity index (χ4v) is 3.64. The Kier molecular flexibility index (Phi) is 3.95. The third-order valence-electron chi connectivity index (χ3n) is 3.27. The molecule has 2 heterocycles. The summed E-state index contributed by atoms with van der Waals surface area (Å²) in [5.41, 5.74) is 1.25. The number of thiazole rings is 1. The molecule has 0 N–H and O–H groups in total. The maximum Gasteiger partial charge on any atom is 0.259 e. The zero-order valence-corrected chi connectivity index (χ0v) is 14.1. The second-order valence-electron chi connectivity index (χ2n) is 5.11. The molecule has 0 bridgehead atoms. The zero-order valence-electron chi connectivity index (χ0n) is 12.5. The van der Waals surface area contributed by atoms with Crippen LogP contribution in [0.4, 0.5) is 0 Å². The standard InChI is InChI=1S/C15H14N2O4S2/c1-10-9-22-15-16-11(7-14(18)17(10)15)8-21-12-3-5-13(6-4-12)23(2,19)20/h3-7,9H,8H2,1-2H3. The number of aryl methyl sites for hydroxylation is 1. The fourth-order valence-electron chi connectivity index (χ4n) is 2.12. The van der Waals surface area contributed by atoms with Crippen molar-refractivity contribution in [3.63, 3.8) is 0 Å². The summed E-state index contributed by atoms with van der Waals surface area (Å²) in [6.07, 6.45) is 1.15. The highest BCUT2D eigenvalue weighted by Crippen LogP contribution is 2.17. The largest absolute Gasteiger partial charge is 0.487 e. The van der Waals surface area contributed by atoms with E-state index in [-0.39, 0.29) is 17.1 Å². The number of hydrogen-bond acceptors (Lipinski definition) is 6. The number of aromatic nitrogens is 2. The maximum absolute atomic E-state index is 12.1. The molecule has 8 heteroatoms. The number of sulfone groups is 1. The third kappa shape index (κ3) is 3.27. The average molecular weight is 350 g/mol. The predicted octanol–water partition coefficient (Wildman–Crippen LogP) is 2.05. The van der Waals surface area contributed by atoms with Crippen LogP contribution < -0.4 is 10.3 Å². The van der Waals surface area contributed by atoms with Crippen molar-refractivity contribution < 1.29 is 13.2 Å². The van der Waals surface area contributed by atoms with Gasteiger partial charge in [-0.2, -0.15) is 0 Å². The Morgan fingerprint density at radius 3 is 2.61 bits per heavy atom. The predicted molar refractivity (Wildman–Crippen MR) is 88.0 cm³/mol. The fraction of sp³-hybridized carbons (Fsp3) is 0.200. The first kappa shape index (κ1) is 15.7. The van der Waals surface area contributed by atoms with Crippen LogP contribution in [-0.4, -0.2) is 24.1 Å². The second kappa shape index (κ2) is 5.78. The molecule has 0 unspecified atom stereocenters. The summed E-state index contributed by atoms with van der Waals surface area (Å²) in [4.78, 5) is 17.3. The van der Waals surface area contributed by atoms with Gasteiger partial charge in [-0.1, -0.05) is 0 Å². The van der Waals surface area contributed by atoms with Crippen molar-refractivity contribution in [2.45, 2.75) is 18.4 Å². The Bertz CT molecular complexity index is 1020. The molecule has 0 fully saturated rings. The normalized spacial score (nSPS) is 11.7. The average Bonchev–Trinajstić information content (AvgIpc) is 2.86. The van der Waals surface area contributed by atoms with E-state index in [0.29, 0.717) is 16.4 Å². The van der Waals surface area contributed by atoms with Gasteiger partial charge in [0.25, 0.3) is 5.56 Å². The number of nitrogens with zero attached hydrogens (tertiary/aromatic N) is 2. The van der Waals surface area contributed by atoms with Crippen LogP contribution in [0.15, 0.2) is 45.4 Å².